The highest BCUT2D eigenvalue weighted by Crippen LogP contribution is 2.49. The van der Waals surface area contributed by atoms with Crippen molar-refractivity contribution in [3.05, 3.63) is 33.0 Å². The summed E-state index contributed by atoms with van der Waals surface area (Å²) in [7, 11) is 1.90. The second-order valence-corrected chi connectivity index (χ2v) is 7.30. The second kappa shape index (κ2) is 5.71. The SMILES string of the molecule is CNC(c1cc(Cl)c(Br)cc1F)C1CCCC1(C)C. The molecule has 0 aromatic heterocycles. The fourth-order valence-corrected chi connectivity index (χ4v) is 3.81. The van der Waals surface area contributed by atoms with Crippen molar-refractivity contribution in [3.63, 3.8) is 0 Å². The molecule has 1 fully saturated rings. The first kappa shape index (κ1) is 15.3. The predicted octanol–water partition coefficient (Wildman–Crippen LogP) is 5.33. The Labute approximate surface area is 128 Å². The van der Waals surface area contributed by atoms with Gasteiger partial charge in [-0.15, -0.1) is 0 Å². The van der Waals surface area contributed by atoms with Crippen LogP contribution in [0.3, 0.4) is 0 Å². The van der Waals surface area contributed by atoms with E-state index < -0.39 is 0 Å². The van der Waals surface area contributed by atoms with E-state index in [1.54, 1.807) is 6.07 Å². The van der Waals surface area contributed by atoms with Gasteiger partial charge in [-0.3, -0.25) is 0 Å². The van der Waals surface area contributed by atoms with Gasteiger partial charge in [-0.05, 0) is 59.3 Å². The molecule has 4 heteroatoms. The van der Waals surface area contributed by atoms with Crippen LogP contribution < -0.4 is 5.32 Å². The van der Waals surface area contributed by atoms with Crippen LogP contribution in [-0.4, -0.2) is 7.05 Å². The molecule has 0 aliphatic heterocycles. The van der Waals surface area contributed by atoms with Crippen LogP contribution in [0.1, 0.15) is 44.7 Å². The van der Waals surface area contributed by atoms with Gasteiger partial charge in [0.05, 0.1) is 5.02 Å². The van der Waals surface area contributed by atoms with Crippen LogP contribution in [-0.2, 0) is 0 Å². The van der Waals surface area contributed by atoms with Crippen LogP contribution in [0.4, 0.5) is 4.39 Å². The first-order valence-corrected chi connectivity index (χ1v) is 7.85. The molecular formula is C15H20BrClFN. The fraction of sp³-hybridized carbons (Fsp3) is 0.600. The molecule has 2 atom stereocenters. The zero-order chi connectivity index (χ0) is 14.2. The van der Waals surface area contributed by atoms with Crippen molar-refractivity contribution >= 4 is 27.5 Å². The zero-order valence-electron chi connectivity index (χ0n) is 11.6. The molecule has 1 aromatic rings. The highest BCUT2D eigenvalue weighted by atomic mass is 79.9. The molecule has 1 nitrogen and oxygen atoms in total. The van der Waals surface area contributed by atoms with Gasteiger partial charge in [0.1, 0.15) is 5.82 Å². The Morgan fingerprint density at radius 3 is 2.68 bits per heavy atom. The minimum atomic E-state index is -0.196. The minimum Gasteiger partial charge on any atom is -0.313 e. The van der Waals surface area contributed by atoms with Crippen LogP contribution in [0.15, 0.2) is 16.6 Å². The highest BCUT2D eigenvalue weighted by Gasteiger charge is 2.40. The summed E-state index contributed by atoms with van der Waals surface area (Å²) >= 11 is 9.39. The van der Waals surface area contributed by atoms with Crippen LogP contribution >= 0.6 is 27.5 Å². The van der Waals surface area contributed by atoms with E-state index in [0.717, 1.165) is 6.42 Å². The van der Waals surface area contributed by atoms with Crippen LogP contribution in [0.2, 0.25) is 5.02 Å². The molecule has 19 heavy (non-hydrogen) atoms. The van der Waals surface area contributed by atoms with Crippen molar-refractivity contribution < 1.29 is 4.39 Å². The fourth-order valence-electron chi connectivity index (χ4n) is 3.32. The zero-order valence-corrected chi connectivity index (χ0v) is 13.9. The molecule has 1 aromatic carbocycles. The maximum atomic E-state index is 14.2. The number of hydrogen-bond donors (Lipinski definition) is 1. The Morgan fingerprint density at radius 2 is 2.16 bits per heavy atom. The Kier molecular flexibility index (Phi) is 4.59. The lowest BCUT2D eigenvalue weighted by Gasteiger charge is -2.34. The molecule has 1 saturated carbocycles. The molecule has 1 aliphatic rings. The van der Waals surface area contributed by atoms with E-state index in [-0.39, 0.29) is 17.3 Å². The molecule has 0 bridgehead atoms. The largest absolute Gasteiger partial charge is 0.313 e. The highest BCUT2D eigenvalue weighted by molar-refractivity contribution is 9.10. The third-order valence-electron chi connectivity index (χ3n) is 4.43. The third-order valence-corrected chi connectivity index (χ3v) is 5.63. The van der Waals surface area contributed by atoms with Crippen molar-refractivity contribution in [3.8, 4) is 0 Å². The number of nitrogens with one attached hydrogen (secondary N) is 1. The summed E-state index contributed by atoms with van der Waals surface area (Å²) in [6, 6.07) is 3.23. The maximum absolute atomic E-state index is 14.2. The summed E-state index contributed by atoms with van der Waals surface area (Å²) in [4.78, 5) is 0. The lowest BCUT2D eigenvalue weighted by Crippen LogP contribution is -2.32. The molecule has 2 unspecified atom stereocenters. The number of rotatable bonds is 3. The van der Waals surface area contributed by atoms with E-state index in [4.69, 9.17) is 11.6 Å². The van der Waals surface area contributed by atoms with Crippen LogP contribution in [0.25, 0.3) is 0 Å². The smallest absolute Gasteiger partial charge is 0.129 e. The third kappa shape index (κ3) is 2.98. The Balaban J connectivity index is 2.40. The molecule has 1 aliphatic carbocycles. The summed E-state index contributed by atoms with van der Waals surface area (Å²) in [6.07, 6.45) is 3.54. The number of hydrogen-bond acceptors (Lipinski definition) is 1. The van der Waals surface area contributed by atoms with E-state index >= 15 is 0 Å². The molecule has 106 valence electrons. The number of benzene rings is 1. The van der Waals surface area contributed by atoms with Crippen molar-refractivity contribution in [2.75, 3.05) is 7.05 Å². The van der Waals surface area contributed by atoms with E-state index in [9.17, 15) is 4.39 Å². The summed E-state index contributed by atoms with van der Waals surface area (Å²) in [5.41, 5.74) is 0.912. The Bertz CT molecular complexity index is 475. The molecule has 2 rings (SSSR count). The van der Waals surface area contributed by atoms with Crippen molar-refractivity contribution in [2.45, 2.75) is 39.2 Å². The first-order valence-electron chi connectivity index (χ1n) is 6.68. The van der Waals surface area contributed by atoms with E-state index in [1.165, 1.54) is 18.9 Å². The standard InChI is InChI=1S/C15H20BrClFN/c1-15(2)6-4-5-10(15)14(19-3)9-7-12(17)11(16)8-13(9)18/h7-8,10,14,19H,4-6H2,1-3H3. The van der Waals surface area contributed by atoms with Crippen LogP contribution in [0.5, 0.6) is 0 Å². The van der Waals surface area contributed by atoms with Crippen molar-refractivity contribution in [1.82, 2.24) is 5.32 Å². The topological polar surface area (TPSA) is 12.0 Å². The molecule has 0 heterocycles. The second-order valence-electron chi connectivity index (χ2n) is 6.04. The molecule has 0 amide bonds. The lowest BCUT2D eigenvalue weighted by molar-refractivity contribution is 0.201. The van der Waals surface area contributed by atoms with Gasteiger partial charge >= 0.3 is 0 Å². The van der Waals surface area contributed by atoms with Gasteiger partial charge in [-0.25, -0.2) is 4.39 Å². The molecule has 0 radical (unpaired) electrons. The number of halogens is 3. The average Bonchev–Trinajstić information content (AvgIpc) is 2.67. The van der Waals surface area contributed by atoms with E-state index in [0.29, 0.717) is 21.0 Å². The summed E-state index contributed by atoms with van der Waals surface area (Å²) in [5, 5.41) is 3.85. The molecule has 0 saturated heterocycles. The molecule has 1 N–H and O–H groups in total. The summed E-state index contributed by atoms with van der Waals surface area (Å²) in [5.74, 6) is 0.238. The van der Waals surface area contributed by atoms with Gasteiger partial charge in [0.15, 0.2) is 0 Å². The quantitative estimate of drug-likeness (QED) is 0.728. The predicted molar refractivity (Wildman–Crippen MR) is 82.0 cm³/mol. The summed E-state index contributed by atoms with van der Waals surface area (Å²) in [6.45, 7) is 4.54. The van der Waals surface area contributed by atoms with Gasteiger partial charge in [-0.1, -0.05) is 31.9 Å². The van der Waals surface area contributed by atoms with Crippen molar-refractivity contribution in [1.29, 1.82) is 0 Å². The van der Waals surface area contributed by atoms with E-state index in [2.05, 4.69) is 35.1 Å². The normalized spacial score (nSPS) is 23.6. The lowest BCUT2D eigenvalue weighted by atomic mass is 9.75. The average molecular weight is 349 g/mol. The Morgan fingerprint density at radius 1 is 1.47 bits per heavy atom. The molecule has 0 spiro atoms. The first-order chi connectivity index (χ1) is 8.86. The van der Waals surface area contributed by atoms with Gasteiger partial charge in [0.2, 0.25) is 0 Å². The Hall–Kier alpha value is -0.120. The minimum absolute atomic E-state index is 0.0168. The molecular weight excluding hydrogens is 329 g/mol. The van der Waals surface area contributed by atoms with E-state index in [1.807, 2.05) is 7.05 Å². The monoisotopic (exact) mass is 347 g/mol. The summed E-state index contributed by atoms with van der Waals surface area (Å²) < 4.78 is 14.9. The van der Waals surface area contributed by atoms with Gasteiger partial charge in [0, 0.05) is 16.1 Å². The van der Waals surface area contributed by atoms with Gasteiger partial charge in [-0.2, -0.15) is 0 Å². The van der Waals surface area contributed by atoms with Gasteiger partial charge in [0.25, 0.3) is 0 Å². The van der Waals surface area contributed by atoms with Crippen molar-refractivity contribution in [2.24, 2.45) is 11.3 Å². The van der Waals surface area contributed by atoms with Crippen LogP contribution in [0, 0.1) is 17.2 Å². The maximum Gasteiger partial charge on any atom is 0.129 e. The van der Waals surface area contributed by atoms with Gasteiger partial charge < -0.3 is 5.32 Å².